The third-order valence-electron chi connectivity index (χ3n) is 4.65. The van der Waals surface area contributed by atoms with Gasteiger partial charge in [-0.25, -0.2) is 0 Å². The van der Waals surface area contributed by atoms with Gasteiger partial charge in [0.1, 0.15) is 0 Å². The maximum Gasteiger partial charge on any atom is 0.475 e. The second-order valence-electron chi connectivity index (χ2n) is 7.71. The maximum atomic E-state index is 13.0. The number of halogens is 2. The van der Waals surface area contributed by atoms with Crippen LogP contribution < -0.4 is 16.0 Å². The number of amides is 2. The Morgan fingerprint density at radius 1 is 1.23 bits per heavy atom. The Morgan fingerprint density at radius 3 is 2.52 bits per heavy atom. The molecule has 1 aromatic carbocycles. The molecule has 11 heteroatoms. The average Bonchev–Trinajstić information content (AvgIpc) is 2.68. The molecule has 31 heavy (non-hydrogen) atoms. The molecule has 3 N–H and O–H groups in total. The zero-order valence-electron chi connectivity index (χ0n) is 18.1. The molecule has 1 aromatic rings. The average molecular weight is 490 g/mol. The number of rotatable bonds is 9. The second kappa shape index (κ2) is 13.7. The van der Waals surface area contributed by atoms with Gasteiger partial charge in [-0.2, -0.15) is 11.8 Å². The van der Waals surface area contributed by atoms with E-state index in [1.165, 1.54) is 23.9 Å². The van der Waals surface area contributed by atoms with Gasteiger partial charge in [0, 0.05) is 43.0 Å². The molecule has 2 atom stereocenters. The molecule has 1 fully saturated rings. The van der Waals surface area contributed by atoms with E-state index in [0.717, 1.165) is 19.5 Å². The summed E-state index contributed by atoms with van der Waals surface area (Å²) >= 11 is 13.6. The van der Waals surface area contributed by atoms with Gasteiger partial charge in [0.05, 0.1) is 16.6 Å². The summed E-state index contributed by atoms with van der Waals surface area (Å²) in [5.41, 5.74) is 0.156. The number of nitrogens with one attached hydrogen (secondary N) is 3. The monoisotopic (exact) mass is 489 g/mol. The lowest BCUT2D eigenvalue weighted by atomic mass is 9.73. The van der Waals surface area contributed by atoms with Crippen molar-refractivity contribution in [3.05, 3.63) is 33.8 Å². The molecule has 0 aromatic heterocycles. The van der Waals surface area contributed by atoms with Crippen LogP contribution in [0.25, 0.3) is 0 Å². The standard InChI is InChI=1S/C20H30BCl2N3O4S/c1-13(2)10-18(21-29-8-6-24-7-9-30-21)25-17(12-31-3)20(28)26-19(27)15-11-14(22)4-5-16(15)23/h4-5,11,13,17-18,24-25H,6-10,12H2,1-3H3,(H,26,27,28)/t17-,18-/m0/s1. The molecule has 0 unspecified atom stereocenters. The number of benzene rings is 1. The highest BCUT2D eigenvalue weighted by Crippen LogP contribution is 2.20. The van der Waals surface area contributed by atoms with Crippen LogP contribution in [0.1, 0.15) is 30.6 Å². The van der Waals surface area contributed by atoms with E-state index in [-0.39, 0.29) is 16.5 Å². The molecule has 0 spiro atoms. The first kappa shape index (κ1) is 26.4. The summed E-state index contributed by atoms with van der Waals surface area (Å²) in [6, 6.07) is 3.94. The predicted molar refractivity (Wildman–Crippen MR) is 128 cm³/mol. The lowest BCUT2D eigenvalue weighted by molar-refractivity contribution is -0.121. The van der Waals surface area contributed by atoms with Gasteiger partial charge in [-0.1, -0.05) is 37.0 Å². The summed E-state index contributed by atoms with van der Waals surface area (Å²) < 4.78 is 11.8. The van der Waals surface area contributed by atoms with Crippen LogP contribution >= 0.6 is 35.0 Å². The quantitative estimate of drug-likeness (QED) is 0.459. The molecule has 0 bridgehead atoms. The van der Waals surface area contributed by atoms with Crippen molar-refractivity contribution >= 4 is 53.9 Å². The smallest absolute Gasteiger partial charge is 0.409 e. The van der Waals surface area contributed by atoms with Crippen LogP contribution in [0, 0.1) is 5.92 Å². The topological polar surface area (TPSA) is 88.7 Å². The second-order valence-corrected chi connectivity index (χ2v) is 9.47. The van der Waals surface area contributed by atoms with Crippen LogP contribution in [-0.2, 0) is 14.1 Å². The molecule has 0 saturated carbocycles. The summed E-state index contributed by atoms with van der Waals surface area (Å²) in [6.07, 6.45) is 2.66. The molecule has 172 valence electrons. The van der Waals surface area contributed by atoms with Gasteiger partial charge in [-0.3, -0.25) is 14.9 Å². The van der Waals surface area contributed by atoms with Gasteiger partial charge < -0.3 is 19.9 Å². The van der Waals surface area contributed by atoms with Crippen molar-refractivity contribution in [2.45, 2.75) is 32.3 Å². The Bertz CT molecular complexity index is 736. The Labute approximate surface area is 198 Å². The van der Waals surface area contributed by atoms with Gasteiger partial charge in [-0.15, -0.1) is 0 Å². The SMILES string of the molecule is CSC[C@H](N[C@@H](CC(C)C)B1OCCNCCO1)C(=O)NC(=O)c1cc(Cl)ccc1Cl. The lowest BCUT2D eigenvalue weighted by Crippen LogP contribution is -2.58. The van der Waals surface area contributed by atoms with Crippen molar-refractivity contribution in [1.29, 1.82) is 0 Å². The minimum absolute atomic E-state index is 0.156. The van der Waals surface area contributed by atoms with E-state index >= 15 is 0 Å². The third kappa shape index (κ3) is 8.92. The van der Waals surface area contributed by atoms with Crippen LogP contribution in [0.5, 0.6) is 0 Å². The van der Waals surface area contributed by atoms with E-state index in [9.17, 15) is 9.59 Å². The fourth-order valence-corrected chi connectivity index (χ4v) is 4.18. The van der Waals surface area contributed by atoms with Crippen LogP contribution in [-0.4, -0.2) is 69.2 Å². The van der Waals surface area contributed by atoms with E-state index in [0.29, 0.717) is 29.9 Å². The maximum absolute atomic E-state index is 13.0. The Balaban J connectivity index is 2.11. The minimum Gasteiger partial charge on any atom is -0.409 e. The number of thioether (sulfide) groups is 1. The number of hydrogen-bond acceptors (Lipinski definition) is 7. The number of carbonyl (C=O) groups is 2. The summed E-state index contributed by atoms with van der Waals surface area (Å²) in [4.78, 5) is 25.6. The molecule has 2 rings (SSSR count). The van der Waals surface area contributed by atoms with Crippen molar-refractivity contribution in [2.24, 2.45) is 5.92 Å². The molecule has 7 nitrogen and oxygen atoms in total. The largest absolute Gasteiger partial charge is 0.475 e. The van der Waals surface area contributed by atoms with Crippen molar-refractivity contribution < 1.29 is 18.9 Å². The normalized spacial score (nSPS) is 17.0. The van der Waals surface area contributed by atoms with Gasteiger partial charge in [0.15, 0.2) is 0 Å². The zero-order chi connectivity index (χ0) is 22.8. The molecule has 1 aliphatic rings. The highest BCUT2D eigenvalue weighted by Gasteiger charge is 2.35. The Morgan fingerprint density at radius 2 is 1.90 bits per heavy atom. The summed E-state index contributed by atoms with van der Waals surface area (Å²) in [5.74, 6) is -0.387. The van der Waals surface area contributed by atoms with Crippen molar-refractivity contribution in [1.82, 2.24) is 16.0 Å². The first-order valence-corrected chi connectivity index (χ1v) is 12.5. The Hall–Kier alpha value is -0.805. The third-order valence-corrected chi connectivity index (χ3v) is 5.88. The number of hydrogen-bond donors (Lipinski definition) is 3. The van der Waals surface area contributed by atoms with E-state index in [2.05, 4.69) is 29.8 Å². The highest BCUT2D eigenvalue weighted by molar-refractivity contribution is 7.98. The molecular weight excluding hydrogens is 460 g/mol. The first-order chi connectivity index (χ1) is 14.8. The molecule has 1 saturated heterocycles. The van der Waals surface area contributed by atoms with E-state index in [1.807, 2.05) is 6.26 Å². The molecule has 0 aliphatic carbocycles. The van der Waals surface area contributed by atoms with Gasteiger partial charge in [-0.05, 0) is 36.8 Å². The van der Waals surface area contributed by atoms with Gasteiger partial charge in [0.2, 0.25) is 5.91 Å². The lowest BCUT2D eigenvalue weighted by Gasteiger charge is -2.30. The molecule has 0 radical (unpaired) electrons. The van der Waals surface area contributed by atoms with Gasteiger partial charge >= 0.3 is 7.12 Å². The molecule has 1 aliphatic heterocycles. The van der Waals surface area contributed by atoms with E-state index in [1.54, 1.807) is 6.07 Å². The van der Waals surface area contributed by atoms with Crippen molar-refractivity contribution in [2.75, 3.05) is 38.3 Å². The zero-order valence-corrected chi connectivity index (χ0v) is 20.4. The minimum atomic E-state index is -0.614. The molecular formula is C20H30BCl2N3O4S. The number of carbonyl (C=O) groups excluding carboxylic acids is 2. The van der Waals surface area contributed by atoms with Gasteiger partial charge in [0.25, 0.3) is 5.91 Å². The predicted octanol–water partition coefficient (Wildman–Crippen LogP) is 2.65. The van der Waals surface area contributed by atoms with Crippen molar-refractivity contribution in [3.8, 4) is 0 Å². The molecule has 2 amide bonds. The van der Waals surface area contributed by atoms with Crippen LogP contribution in [0.15, 0.2) is 18.2 Å². The Kier molecular flexibility index (Phi) is 11.7. The van der Waals surface area contributed by atoms with Crippen LogP contribution in [0.3, 0.4) is 0 Å². The summed E-state index contributed by atoms with van der Waals surface area (Å²) in [6.45, 7) is 6.74. The fourth-order valence-electron chi connectivity index (χ4n) is 3.23. The first-order valence-electron chi connectivity index (χ1n) is 10.3. The van der Waals surface area contributed by atoms with Crippen LogP contribution in [0.2, 0.25) is 10.0 Å². The van der Waals surface area contributed by atoms with E-state index < -0.39 is 25.0 Å². The summed E-state index contributed by atoms with van der Waals surface area (Å²) in [7, 11) is -0.472. The van der Waals surface area contributed by atoms with Crippen LogP contribution in [0.4, 0.5) is 0 Å². The van der Waals surface area contributed by atoms with E-state index in [4.69, 9.17) is 32.5 Å². The summed E-state index contributed by atoms with van der Waals surface area (Å²) in [5, 5.41) is 9.63. The molecule has 1 heterocycles. The number of imide groups is 1. The van der Waals surface area contributed by atoms with Crippen molar-refractivity contribution in [3.63, 3.8) is 0 Å². The highest BCUT2D eigenvalue weighted by atomic mass is 35.5. The fraction of sp³-hybridized carbons (Fsp3) is 0.600.